The van der Waals surface area contributed by atoms with Gasteiger partial charge in [0.05, 0.1) is 13.5 Å². The number of benzene rings is 2. The monoisotopic (exact) mass is 508 g/mol. The minimum atomic E-state index is -1.47. The minimum absolute atomic E-state index is 0.424. The first-order valence-corrected chi connectivity index (χ1v) is 11.4. The summed E-state index contributed by atoms with van der Waals surface area (Å²) in [6.07, 6.45) is 4.21. The normalized spacial score (nSPS) is 12.3. The Morgan fingerprint density at radius 2 is 1.76 bits per heavy atom. The summed E-state index contributed by atoms with van der Waals surface area (Å²) in [6, 6.07) is 13.0. The Labute approximate surface area is 216 Å². The van der Waals surface area contributed by atoms with Crippen LogP contribution < -0.4 is 21.1 Å². The van der Waals surface area contributed by atoms with Crippen LogP contribution in [0.3, 0.4) is 0 Å². The lowest BCUT2D eigenvalue weighted by Gasteiger charge is -2.30. The van der Waals surface area contributed by atoms with Gasteiger partial charge in [-0.1, -0.05) is 36.3 Å². The van der Waals surface area contributed by atoms with E-state index in [0.717, 1.165) is 10.5 Å². The van der Waals surface area contributed by atoms with Crippen LogP contribution in [0.4, 0.5) is 10.5 Å². The number of hydrogen-bond donors (Lipinski definition) is 3. The molecule has 0 fully saturated rings. The van der Waals surface area contributed by atoms with E-state index >= 15 is 0 Å². The van der Waals surface area contributed by atoms with Gasteiger partial charge in [-0.25, -0.2) is 4.79 Å². The van der Waals surface area contributed by atoms with E-state index in [-0.39, 0.29) is 0 Å². The van der Waals surface area contributed by atoms with Crippen molar-refractivity contribution in [3.8, 4) is 18.2 Å². The van der Waals surface area contributed by atoms with E-state index in [1.807, 2.05) is 13.0 Å². The summed E-state index contributed by atoms with van der Waals surface area (Å²) in [7, 11) is 1.52. The van der Waals surface area contributed by atoms with E-state index in [1.54, 1.807) is 63.2 Å². The molecule has 37 heavy (non-hydrogen) atoms. The van der Waals surface area contributed by atoms with E-state index in [4.69, 9.17) is 21.6 Å². The maximum Gasteiger partial charge on any atom is 0.408 e. The standard InChI is InChI=1S/C27H32N4O6/c1-7-31(25(34)21(16-22(28)32)30-26(35)37-27(3,4)5)23(18-10-8-9-17(2)15-18)24(33)29-19-11-13-20(36-6)14-12-19/h1,8-15,21,23H,16H2,2-6H3,(H2,28,32)(H,29,33)(H,30,35). The van der Waals surface area contributed by atoms with Crippen molar-refractivity contribution in [2.45, 2.75) is 51.8 Å². The third-order valence-electron chi connectivity index (χ3n) is 4.99. The zero-order chi connectivity index (χ0) is 27.8. The first kappa shape index (κ1) is 28.7. The van der Waals surface area contributed by atoms with Crippen LogP contribution in [-0.4, -0.2) is 47.5 Å². The van der Waals surface area contributed by atoms with Crippen LogP contribution >= 0.6 is 0 Å². The number of rotatable bonds is 9. The molecule has 0 saturated heterocycles. The number of anilines is 1. The molecule has 0 radical (unpaired) electrons. The lowest BCUT2D eigenvalue weighted by Crippen LogP contribution is -2.52. The molecule has 2 rings (SSSR count). The lowest BCUT2D eigenvalue weighted by molar-refractivity contribution is -0.138. The fourth-order valence-electron chi connectivity index (χ4n) is 3.43. The number of ether oxygens (including phenoxy) is 2. The van der Waals surface area contributed by atoms with E-state index in [0.29, 0.717) is 17.0 Å². The van der Waals surface area contributed by atoms with Gasteiger partial charge in [-0.3, -0.25) is 19.3 Å². The van der Waals surface area contributed by atoms with Crippen molar-refractivity contribution in [3.05, 3.63) is 59.7 Å². The second kappa shape index (κ2) is 12.4. The van der Waals surface area contributed by atoms with Gasteiger partial charge in [-0.2, -0.15) is 0 Å². The number of hydrogen-bond acceptors (Lipinski definition) is 6. The average Bonchev–Trinajstić information content (AvgIpc) is 2.80. The van der Waals surface area contributed by atoms with E-state index < -0.39 is 47.9 Å². The first-order chi connectivity index (χ1) is 17.3. The van der Waals surface area contributed by atoms with Crippen molar-refractivity contribution in [2.24, 2.45) is 5.73 Å². The molecule has 2 aromatic carbocycles. The fraction of sp³-hybridized carbons (Fsp3) is 0.333. The Morgan fingerprint density at radius 1 is 1.11 bits per heavy atom. The smallest absolute Gasteiger partial charge is 0.408 e. The summed E-state index contributed by atoms with van der Waals surface area (Å²) in [5, 5.41) is 5.09. The van der Waals surface area contributed by atoms with Crippen LogP contribution in [0.1, 0.15) is 44.4 Å². The van der Waals surface area contributed by atoms with Crippen molar-refractivity contribution in [1.82, 2.24) is 10.2 Å². The Kier molecular flexibility index (Phi) is 9.66. The number of alkyl carbamates (subject to hydrolysis) is 1. The van der Waals surface area contributed by atoms with Crippen molar-refractivity contribution >= 4 is 29.5 Å². The van der Waals surface area contributed by atoms with Gasteiger partial charge in [0.15, 0.2) is 0 Å². The fourth-order valence-corrected chi connectivity index (χ4v) is 3.43. The highest BCUT2D eigenvalue weighted by Gasteiger charge is 2.36. The zero-order valence-corrected chi connectivity index (χ0v) is 21.5. The number of methoxy groups -OCH3 is 1. The van der Waals surface area contributed by atoms with Gasteiger partial charge in [0.2, 0.25) is 5.91 Å². The SMILES string of the molecule is C#CN(C(=O)C(CC(N)=O)NC(=O)OC(C)(C)C)C(C(=O)Nc1ccc(OC)cc1)c1cccc(C)c1. The van der Waals surface area contributed by atoms with Crippen LogP contribution in [0.25, 0.3) is 0 Å². The van der Waals surface area contributed by atoms with Gasteiger partial charge in [0.25, 0.3) is 11.8 Å². The molecule has 10 heteroatoms. The number of terminal acetylenes is 1. The molecule has 10 nitrogen and oxygen atoms in total. The second-order valence-electron chi connectivity index (χ2n) is 9.24. The minimum Gasteiger partial charge on any atom is -0.497 e. The number of primary amides is 1. The second-order valence-corrected chi connectivity index (χ2v) is 9.24. The highest BCUT2D eigenvalue weighted by molar-refractivity contribution is 6.00. The van der Waals surface area contributed by atoms with Crippen molar-refractivity contribution in [1.29, 1.82) is 0 Å². The van der Waals surface area contributed by atoms with Crippen LogP contribution in [0.5, 0.6) is 5.75 Å². The molecule has 0 spiro atoms. The maximum absolute atomic E-state index is 13.6. The number of nitrogens with one attached hydrogen (secondary N) is 2. The Morgan fingerprint density at radius 3 is 2.27 bits per heavy atom. The summed E-state index contributed by atoms with van der Waals surface area (Å²) < 4.78 is 10.3. The molecule has 2 atom stereocenters. The Hall–Kier alpha value is -4.52. The van der Waals surface area contributed by atoms with E-state index in [9.17, 15) is 19.2 Å². The number of carbonyl (C=O) groups excluding carboxylic acids is 4. The third-order valence-corrected chi connectivity index (χ3v) is 4.99. The molecule has 0 aromatic heterocycles. The van der Waals surface area contributed by atoms with Gasteiger partial charge in [-0.15, -0.1) is 0 Å². The molecule has 0 aliphatic carbocycles. The van der Waals surface area contributed by atoms with Crippen LogP contribution in [0.15, 0.2) is 48.5 Å². The first-order valence-electron chi connectivity index (χ1n) is 11.4. The molecule has 0 aliphatic rings. The molecular formula is C27H32N4O6. The summed E-state index contributed by atoms with van der Waals surface area (Å²) in [6.45, 7) is 6.75. The van der Waals surface area contributed by atoms with Crippen molar-refractivity contribution < 1.29 is 28.7 Å². The molecule has 0 heterocycles. The number of nitrogens with zero attached hydrogens (tertiary/aromatic N) is 1. The van der Waals surface area contributed by atoms with Crippen LogP contribution in [-0.2, 0) is 19.1 Å². The third kappa shape index (κ3) is 8.58. The van der Waals surface area contributed by atoms with Gasteiger partial charge >= 0.3 is 6.09 Å². The molecular weight excluding hydrogens is 476 g/mol. The summed E-state index contributed by atoms with van der Waals surface area (Å²) >= 11 is 0. The van der Waals surface area contributed by atoms with Gasteiger partial charge < -0.3 is 25.8 Å². The molecule has 0 saturated carbocycles. The average molecular weight is 509 g/mol. The predicted molar refractivity (Wildman–Crippen MR) is 138 cm³/mol. The van der Waals surface area contributed by atoms with Crippen molar-refractivity contribution in [2.75, 3.05) is 12.4 Å². The molecule has 0 bridgehead atoms. The number of aryl methyl sites for hydroxylation is 1. The topological polar surface area (TPSA) is 140 Å². The largest absolute Gasteiger partial charge is 0.497 e. The van der Waals surface area contributed by atoms with Crippen LogP contribution in [0.2, 0.25) is 0 Å². The van der Waals surface area contributed by atoms with Crippen molar-refractivity contribution in [3.63, 3.8) is 0 Å². The highest BCUT2D eigenvalue weighted by Crippen LogP contribution is 2.25. The lowest BCUT2D eigenvalue weighted by atomic mass is 10.0. The Bertz CT molecular complexity index is 1180. The van der Waals surface area contributed by atoms with Gasteiger partial charge in [0, 0.05) is 11.7 Å². The predicted octanol–water partition coefficient (Wildman–Crippen LogP) is 2.87. The van der Waals surface area contributed by atoms with Crippen LogP contribution in [0, 0.1) is 19.4 Å². The zero-order valence-electron chi connectivity index (χ0n) is 21.5. The quantitative estimate of drug-likeness (QED) is 0.351. The van der Waals surface area contributed by atoms with E-state index in [1.165, 1.54) is 7.11 Å². The maximum atomic E-state index is 13.6. The molecule has 4 N–H and O–H groups in total. The highest BCUT2D eigenvalue weighted by atomic mass is 16.6. The summed E-state index contributed by atoms with van der Waals surface area (Å²) in [5.41, 5.74) is 6.15. The number of carbonyl (C=O) groups is 4. The number of nitrogens with two attached hydrogens (primary N) is 1. The number of amides is 4. The molecule has 0 aliphatic heterocycles. The molecule has 2 aromatic rings. The van der Waals surface area contributed by atoms with Gasteiger partial charge in [0.1, 0.15) is 23.4 Å². The molecule has 2 unspecified atom stereocenters. The summed E-state index contributed by atoms with van der Waals surface area (Å²) in [5.74, 6) is -1.77. The van der Waals surface area contributed by atoms with E-state index in [2.05, 4.69) is 16.7 Å². The van der Waals surface area contributed by atoms with Gasteiger partial charge in [-0.05, 0) is 57.5 Å². The molecule has 4 amide bonds. The molecule has 196 valence electrons. The summed E-state index contributed by atoms with van der Waals surface area (Å²) in [4.78, 5) is 52.0. The Balaban J connectivity index is 2.45.